The lowest BCUT2D eigenvalue weighted by Gasteiger charge is -2.10. The van der Waals surface area contributed by atoms with Crippen LogP contribution < -0.4 is 10.6 Å². The monoisotopic (exact) mass is 387 g/mol. The Labute approximate surface area is 155 Å². The SMILES string of the molecule is CCOC(=O)CNC(=S)Nc1sc(C(=O)N(C)C)c(C)c1C(=O)OC. The first kappa shape index (κ1) is 20.8. The number of methoxy groups -OCH3 is 1. The van der Waals surface area contributed by atoms with Crippen LogP contribution in [0.3, 0.4) is 0 Å². The van der Waals surface area contributed by atoms with Crippen LogP contribution in [0, 0.1) is 6.92 Å². The van der Waals surface area contributed by atoms with Crippen LogP contribution in [0.1, 0.15) is 32.5 Å². The first-order valence-corrected chi connectivity index (χ1v) is 8.59. The molecule has 0 aliphatic carbocycles. The van der Waals surface area contributed by atoms with Crippen molar-refractivity contribution in [2.75, 3.05) is 39.7 Å². The number of nitrogens with zero attached hydrogens (tertiary/aromatic N) is 1. The first-order valence-electron chi connectivity index (χ1n) is 7.36. The van der Waals surface area contributed by atoms with Gasteiger partial charge in [0.15, 0.2) is 5.11 Å². The van der Waals surface area contributed by atoms with Crippen LogP contribution >= 0.6 is 23.6 Å². The van der Waals surface area contributed by atoms with Crippen molar-refractivity contribution in [1.82, 2.24) is 10.2 Å². The fraction of sp³-hybridized carbons (Fsp3) is 0.467. The van der Waals surface area contributed by atoms with Gasteiger partial charge in [-0.25, -0.2) is 4.79 Å². The van der Waals surface area contributed by atoms with Crippen molar-refractivity contribution < 1.29 is 23.9 Å². The molecule has 0 saturated heterocycles. The summed E-state index contributed by atoms with van der Waals surface area (Å²) >= 11 is 6.21. The molecule has 25 heavy (non-hydrogen) atoms. The van der Waals surface area contributed by atoms with Gasteiger partial charge in [-0.3, -0.25) is 9.59 Å². The summed E-state index contributed by atoms with van der Waals surface area (Å²) in [4.78, 5) is 37.5. The van der Waals surface area contributed by atoms with Crippen molar-refractivity contribution in [3.8, 4) is 0 Å². The van der Waals surface area contributed by atoms with Crippen LogP contribution in [0.2, 0.25) is 0 Å². The van der Waals surface area contributed by atoms with Crippen LogP contribution in [0.4, 0.5) is 5.00 Å². The molecule has 0 unspecified atom stereocenters. The Balaban J connectivity index is 3.03. The number of hydrogen-bond donors (Lipinski definition) is 2. The van der Waals surface area contributed by atoms with Gasteiger partial charge in [-0.05, 0) is 31.6 Å². The Kier molecular flexibility index (Phi) is 7.78. The average molecular weight is 387 g/mol. The average Bonchev–Trinajstić information content (AvgIpc) is 2.87. The molecule has 1 heterocycles. The molecule has 2 N–H and O–H groups in total. The van der Waals surface area contributed by atoms with Crippen molar-refractivity contribution in [3.05, 3.63) is 16.0 Å². The lowest BCUT2D eigenvalue weighted by molar-refractivity contribution is -0.141. The molecule has 0 aliphatic rings. The van der Waals surface area contributed by atoms with Crippen LogP contribution in [-0.4, -0.2) is 62.2 Å². The lowest BCUT2D eigenvalue weighted by Crippen LogP contribution is -2.34. The van der Waals surface area contributed by atoms with E-state index >= 15 is 0 Å². The van der Waals surface area contributed by atoms with Gasteiger partial charge >= 0.3 is 11.9 Å². The molecule has 10 heteroatoms. The summed E-state index contributed by atoms with van der Waals surface area (Å²) in [6.45, 7) is 3.53. The highest BCUT2D eigenvalue weighted by Crippen LogP contribution is 2.34. The van der Waals surface area contributed by atoms with Crippen LogP contribution in [-0.2, 0) is 14.3 Å². The molecule has 0 saturated carbocycles. The van der Waals surface area contributed by atoms with Gasteiger partial charge in [-0.15, -0.1) is 11.3 Å². The maximum Gasteiger partial charge on any atom is 0.341 e. The second-order valence-corrected chi connectivity index (χ2v) is 6.49. The minimum absolute atomic E-state index is 0.110. The van der Waals surface area contributed by atoms with E-state index in [1.165, 1.54) is 12.0 Å². The molecule has 1 rings (SSSR count). The number of thiophene rings is 1. The molecule has 0 bridgehead atoms. The Morgan fingerprint density at radius 1 is 1.28 bits per heavy atom. The minimum atomic E-state index is -0.581. The number of nitrogens with one attached hydrogen (secondary N) is 2. The van der Waals surface area contributed by atoms with E-state index in [0.29, 0.717) is 15.4 Å². The van der Waals surface area contributed by atoms with Crippen molar-refractivity contribution in [3.63, 3.8) is 0 Å². The van der Waals surface area contributed by atoms with E-state index < -0.39 is 11.9 Å². The van der Waals surface area contributed by atoms with Crippen LogP contribution in [0.25, 0.3) is 0 Å². The smallest absolute Gasteiger partial charge is 0.341 e. The quantitative estimate of drug-likeness (QED) is 0.558. The summed E-state index contributed by atoms with van der Waals surface area (Å²) in [7, 11) is 4.50. The fourth-order valence-electron chi connectivity index (χ4n) is 1.87. The summed E-state index contributed by atoms with van der Waals surface area (Å²) in [5, 5.41) is 6.02. The predicted octanol–water partition coefficient (Wildman–Crippen LogP) is 1.39. The topological polar surface area (TPSA) is 97.0 Å². The largest absolute Gasteiger partial charge is 0.465 e. The molecule has 0 radical (unpaired) electrons. The second-order valence-electron chi connectivity index (χ2n) is 5.06. The highest BCUT2D eigenvalue weighted by Gasteiger charge is 2.26. The third-order valence-electron chi connectivity index (χ3n) is 3.06. The van der Waals surface area contributed by atoms with Gasteiger partial charge in [-0.2, -0.15) is 0 Å². The normalized spacial score (nSPS) is 9.96. The number of esters is 2. The van der Waals surface area contributed by atoms with Crippen molar-refractivity contribution >= 4 is 51.5 Å². The Morgan fingerprint density at radius 2 is 1.92 bits per heavy atom. The molecule has 1 aromatic heterocycles. The number of thiocarbonyl (C=S) groups is 1. The summed E-state index contributed by atoms with van der Waals surface area (Å²) in [5.74, 6) is -1.26. The number of anilines is 1. The van der Waals surface area contributed by atoms with Gasteiger partial charge in [0.2, 0.25) is 0 Å². The molecule has 0 atom stereocenters. The molecule has 0 aromatic carbocycles. The number of rotatable bonds is 6. The standard InChI is InChI=1S/C15H21N3O5S2/c1-6-23-9(19)7-16-15(24)17-12-10(14(21)22-5)8(2)11(25-12)13(20)18(3)4/h6-7H2,1-5H3,(H2,16,17,24). The van der Waals surface area contributed by atoms with Gasteiger partial charge in [0.05, 0.1) is 24.2 Å². The van der Waals surface area contributed by atoms with Crippen molar-refractivity contribution in [2.24, 2.45) is 0 Å². The molecule has 0 spiro atoms. The Morgan fingerprint density at radius 3 is 2.44 bits per heavy atom. The zero-order valence-corrected chi connectivity index (χ0v) is 16.4. The summed E-state index contributed by atoms with van der Waals surface area (Å²) in [6, 6.07) is 0. The molecule has 0 fully saturated rings. The van der Waals surface area contributed by atoms with E-state index in [-0.39, 0.29) is 29.7 Å². The summed E-state index contributed by atoms with van der Waals surface area (Å²) in [6.07, 6.45) is 0. The molecule has 0 aliphatic heterocycles. The molecular formula is C15H21N3O5S2. The fourth-order valence-corrected chi connectivity index (χ4v) is 3.33. The molecule has 1 aromatic rings. The molecule has 138 valence electrons. The van der Waals surface area contributed by atoms with Gasteiger partial charge in [0.25, 0.3) is 5.91 Å². The maximum atomic E-state index is 12.3. The molecular weight excluding hydrogens is 366 g/mol. The molecule has 8 nitrogen and oxygen atoms in total. The minimum Gasteiger partial charge on any atom is -0.465 e. The lowest BCUT2D eigenvalue weighted by atomic mass is 10.1. The van der Waals surface area contributed by atoms with Crippen molar-refractivity contribution in [1.29, 1.82) is 0 Å². The maximum absolute atomic E-state index is 12.3. The summed E-state index contributed by atoms with van der Waals surface area (Å²) < 4.78 is 9.58. The van der Waals surface area contributed by atoms with E-state index in [9.17, 15) is 14.4 Å². The van der Waals surface area contributed by atoms with E-state index in [2.05, 4.69) is 10.6 Å². The van der Waals surface area contributed by atoms with E-state index in [4.69, 9.17) is 21.7 Å². The van der Waals surface area contributed by atoms with E-state index in [0.717, 1.165) is 11.3 Å². The molecule has 1 amide bonds. The zero-order valence-electron chi connectivity index (χ0n) is 14.7. The van der Waals surface area contributed by atoms with Gasteiger partial charge in [0.1, 0.15) is 11.5 Å². The van der Waals surface area contributed by atoms with Crippen LogP contribution in [0.15, 0.2) is 0 Å². The number of amides is 1. The zero-order chi connectivity index (χ0) is 19.1. The Hall–Kier alpha value is -2.20. The van der Waals surface area contributed by atoms with E-state index in [1.807, 2.05) is 0 Å². The third kappa shape index (κ3) is 5.40. The first-order chi connectivity index (χ1) is 11.7. The second kappa shape index (κ2) is 9.33. The highest BCUT2D eigenvalue weighted by molar-refractivity contribution is 7.80. The number of hydrogen-bond acceptors (Lipinski definition) is 7. The number of carbonyl (C=O) groups excluding carboxylic acids is 3. The van der Waals surface area contributed by atoms with E-state index in [1.54, 1.807) is 27.9 Å². The Bertz CT molecular complexity index is 685. The van der Waals surface area contributed by atoms with Gasteiger partial charge in [-0.1, -0.05) is 0 Å². The highest BCUT2D eigenvalue weighted by atomic mass is 32.1. The predicted molar refractivity (Wildman–Crippen MR) is 99.3 cm³/mol. The van der Waals surface area contributed by atoms with Gasteiger partial charge in [0, 0.05) is 14.1 Å². The van der Waals surface area contributed by atoms with Gasteiger partial charge < -0.3 is 25.0 Å². The third-order valence-corrected chi connectivity index (χ3v) is 4.50. The summed E-state index contributed by atoms with van der Waals surface area (Å²) in [5.41, 5.74) is 0.740. The number of carbonyl (C=O) groups is 3. The number of ether oxygens (including phenoxy) is 2. The van der Waals surface area contributed by atoms with Crippen LogP contribution in [0.5, 0.6) is 0 Å². The van der Waals surface area contributed by atoms with Crippen molar-refractivity contribution in [2.45, 2.75) is 13.8 Å².